The van der Waals surface area contributed by atoms with Gasteiger partial charge in [0.25, 0.3) is 5.91 Å². The van der Waals surface area contributed by atoms with Gasteiger partial charge in [0.2, 0.25) is 0 Å². The number of hydrogen-bond acceptors (Lipinski definition) is 4. The Morgan fingerprint density at radius 3 is 2.32 bits per heavy atom. The minimum atomic E-state index is -0.275. The van der Waals surface area contributed by atoms with Crippen molar-refractivity contribution in [3.05, 3.63) is 82.4 Å². The first kappa shape index (κ1) is 22.5. The van der Waals surface area contributed by atoms with Crippen LogP contribution >= 0.6 is 11.6 Å². The number of rotatable bonds is 9. The lowest BCUT2D eigenvalue weighted by Gasteiger charge is -2.13. The summed E-state index contributed by atoms with van der Waals surface area (Å²) in [5, 5.41) is 6.78. The Morgan fingerprint density at radius 1 is 0.935 bits per heavy atom. The zero-order chi connectivity index (χ0) is 22.2. The molecule has 162 valence electrons. The largest absolute Gasteiger partial charge is 0.493 e. The Labute approximate surface area is 188 Å². The molecule has 3 rings (SSSR count). The summed E-state index contributed by atoms with van der Waals surface area (Å²) in [6.45, 7) is 4.56. The number of benzene rings is 3. The molecule has 31 heavy (non-hydrogen) atoms. The van der Waals surface area contributed by atoms with E-state index in [1.54, 1.807) is 19.2 Å². The molecule has 6 heteroatoms. The maximum atomic E-state index is 12.2. The average molecular weight is 439 g/mol. The Morgan fingerprint density at radius 2 is 1.65 bits per heavy atom. The molecule has 0 radical (unpaired) electrons. The monoisotopic (exact) mass is 438 g/mol. The number of halogens is 1. The molecule has 0 aliphatic carbocycles. The van der Waals surface area contributed by atoms with Gasteiger partial charge in [-0.25, -0.2) is 0 Å². The second-order valence-corrected chi connectivity index (χ2v) is 7.60. The summed E-state index contributed by atoms with van der Waals surface area (Å²) >= 11 is 6.10. The number of carbonyl (C=O) groups excluding carboxylic acids is 1. The molecule has 3 aromatic carbocycles. The zero-order valence-electron chi connectivity index (χ0n) is 18.0. The fourth-order valence-corrected chi connectivity index (χ4v) is 3.20. The van der Waals surface area contributed by atoms with Gasteiger partial charge in [-0.2, -0.15) is 0 Å². The van der Waals surface area contributed by atoms with E-state index in [9.17, 15) is 4.79 Å². The third-order valence-corrected chi connectivity index (χ3v) is 5.31. The van der Waals surface area contributed by atoms with Crippen molar-refractivity contribution < 1.29 is 14.3 Å². The van der Waals surface area contributed by atoms with Crippen LogP contribution in [-0.4, -0.2) is 19.6 Å². The van der Waals surface area contributed by atoms with Crippen LogP contribution in [0, 0.1) is 6.92 Å². The van der Waals surface area contributed by atoms with Gasteiger partial charge in [-0.15, -0.1) is 0 Å². The summed E-state index contributed by atoms with van der Waals surface area (Å²) in [5.41, 5.74) is 4.99. The molecule has 1 amide bonds. The van der Waals surface area contributed by atoms with Gasteiger partial charge in [-0.05, 0) is 66.4 Å². The lowest BCUT2D eigenvalue weighted by Crippen LogP contribution is -2.20. The van der Waals surface area contributed by atoms with Crippen LogP contribution in [0.15, 0.2) is 60.7 Å². The Hall–Kier alpha value is -3.18. The highest BCUT2D eigenvalue weighted by Crippen LogP contribution is 2.28. The molecule has 5 nitrogen and oxygen atoms in total. The molecule has 0 saturated carbocycles. The predicted octanol–water partition coefficient (Wildman–Crippen LogP) is 5.85. The number of carbonyl (C=O) groups is 1. The molecule has 0 saturated heterocycles. The molecule has 0 aliphatic rings. The summed E-state index contributed by atoms with van der Waals surface area (Å²) in [4.78, 5) is 12.2. The van der Waals surface area contributed by atoms with Crippen LogP contribution in [0.4, 0.5) is 11.4 Å². The van der Waals surface area contributed by atoms with Gasteiger partial charge < -0.3 is 20.1 Å². The highest BCUT2D eigenvalue weighted by molar-refractivity contribution is 6.31. The third-order valence-electron chi connectivity index (χ3n) is 4.90. The van der Waals surface area contributed by atoms with Crippen LogP contribution < -0.4 is 20.1 Å². The molecule has 2 N–H and O–H groups in total. The smallest absolute Gasteiger partial charge is 0.262 e. The van der Waals surface area contributed by atoms with E-state index in [0.717, 1.165) is 23.2 Å². The SMILES string of the molecule is CCc1ccc(NCc2ccc(OCC(=O)Nc3ccc(C)c(Cl)c3)c(OC)c2)cc1. The van der Waals surface area contributed by atoms with E-state index in [-0.39, 0.29) is 12.5 Å². The van der Waals surface area contributed by atoms with Crippen molar-refractivity contribution in [3.8, 4) is 11.5 Å². The van der Waals surface area contributed by atoms with Crippen molar-refractivity contribution >= 4 is 28.9 Å². The van der Waals surface area contributed by atoms with Crippen LogP contribution in [0.5, 0.6) is 11.5 Å². The highest BCUT2D eigenvalue weighted by Gasteiger charge is 2.10. The van der Waals surface area contributed by atoms with Gasteiger partial charge in [0.15, 0.2) is 18.1 Å². The number of aryl methyl sites for hydroxylation is 2. The first-order chi connectivity index (χ1) is 15.0. The summed E-state index contributed by atoms with van der Waals surface area (Å²) in [7, 11) is 1.58. The number of amides is 1. The second-order valence-electron chi connectivity index (χ2n) is 7.19. The van der Waals surface area contributed by atoms with E-state index in [4.69, 9.17) is 21.1 Å². The average Bonchev–Trinajstić information content (AvgIpc) is 2.79. The summed E-state index contributed by atoms with van der Waals surface area (Å²) in [6.07, 6.45) is 1.02. The lowest BCUT2D eigenvalue weighted by atomic mass is 10.1. The van der Waals surface area contributed by atoms with Gasteiger partial charge in [0, 0.05) is 22.9 Å². The van der Waals surface area contributed by atoms with Crippen molar-refractivity contribution in [3.63, 3.8) is 0 Å². The standard InChI is InChI=1S/C25H27ClN2O3/c1-4-18-6-10-20(11-7-18)27-15-19-8-12-23(24(13-19)30-3)31-16-25(29)28-21-9-5-17(2)22(26)14-21/h5-14,27H,4,15-16H2,1-3H3,(H,28,29). The van der Waals surface area contributed by atoms with Crippen molar-refractivity contribution in [2.45, 2.75) is 26.8 Å². The predicted molar refractivity (Wildman–Crippen MR) is 126 cm³/mol. The zero-order valence-corrected chi connectivity index (χ0v) is 18.8. The van der Waals surface area contributed by atoms with Crippen molar-refractivity contribution in [2.24, 2.45) is 0 Å². The second kappa shape index (κ2) is 10.7. The van der Waals surface area contributed by atoms with Crippen molar-refractivity contribution in [2.75, 3.05) is 24.4 Å². The number of hydrogen-bond donors (Lipinski definition) is 2. The maximum absolute atomic E-state index is 12.2. The fourth-order valence-electron chi connectivity index (χ4n) is 3.01. The summed E-state index contributed by atoms with van der Waals surface area (Å²) in [6, 6.07) is 19.4. The maximum Gasteiger partial charge on any atom is 0.262 e. The summed E-state index contributed by atoms with van der Waals surface area (Å²) < 4.78 is 11.1. The molecule has 0 bridgehead atoms. The molecule has 0 heterocycles. The van der Waals surface area contributed by atoms with Crippen LogP contribution in [0.1, 0.15) is 23.6 Å². The number of ether oxygens (including phenoxy) is 2. The quantitative estimate of drug-likeness (QED) is 0.440. The van der Waals surface area contributed by atoms with Gasteiger partial charge in [0.05, 0.1) is 7.11 Å². The third kappa shape index (κ3) is 6.40. The Balaban J connectivity index is 1.56. The van der Waals surface area contributed by atoms with Crippen LogP contribution in [0.2, 0.25) is 5.02 Å². The normalized spacial score (nSPS) is 10.5. The fraction of sp³-hybridized carbons (Fsp3) is 0.240. The Kier molecular flexibility index (Phi) is 7.79. The van der Waals surface area contributed by atoms with Crippen LogP contribution in [0.25, 0.3) is 0 Å². The van der Waals surface area contributed by atoms with Crippen LogP contribution in [-0.2, 0) is 17.8 Å². The number of anilines is 2. The molecule has 0 aromatic heterocycles. The van der Waals surface area contributed by atoms with Gasteiger partial charge >= 0.3 is 0 Å². The number of nitrogens with one attached hydrogen (secondary N) is 2. The minimum Gasteiger partial charge on any atom is -0.493 e. The minimum absolute atomic E-state index is 0.136. The highest BCUT2D eigenvalue weighted by atomic mass is 35.5. The van der Waals surface area contributed by atoms with Crippen molar-refractivity contribution in [1.29, 1.82) is 0 Å². The molecule has 3 aromatic rings. The summed E-state index contributed by atoms with van der Waals surface area (Å²) in [5.74, 6) is 0.811. The van der Waals surface area contributed by atoms with Crippen LogP contribution in [0.3, 0.4) is 0 Å². The van der Waals surface area contributed by atoms with E-state index < -0.39 is 0 Å². The molecular formula is C25H27ClN2O3. The molecule has 0 atom stereocenters. The van der Waals surface area contributed by atoms with E-state index >= 15 is 0 Å². The van der Waals surface area contributed by atoms with E-state index in [1.165, 1.54) is 5.56 Å². The van der Waals surface area contributed by atoms with Gasteiger partial charge in [-0.3, -0.25) is 4.79 Å². The molecule has 0 spiro atoms. The number of methoxy groups -OCH3 is 1. The van der Waals surface area contributed by atoms with E-state index in [2.05, 4.69) is 41.8 Å². The topological polar surface area (TPSA) is 59.6 Å². The Bertz CT molecular complexity index is 1040. The molecule has 0 unspecified atom stereocenters. The van der Waals surface area contributed by atoms with E-state index in [1.807, 2.05) is 31.2 Å². The molecule has 0 aliphatic heterocycles. The van der Waals surface area contributed by atoms with E-state index in [0.29, 0.717) is 28.8 Å². The van der Waals surface area contributed by atoms with Crippen molar-refractivity contribution in [1.82, 2.24) is 0 Å². The first-order valence-electron chi connectivity index (χ1n) is 10.2. The lowest BCUT2D eigenvalue weighted by molar-refractivity contribution is -0.118. The first-order valence-corrected chi connectivity index (χ1v) is 10.5. The molecule has 0 fully saturated rings. The van der Waals surface area contributed by atoms with Gasteiger partial charge in [-0.1, -0.05) is 42.8 Å². The van der Waals surface area contributed by atoms with Gasteiger partial charge in [0.1, 0.15) is 0 Å². The molecular weight excluding hydrogens is 412 g/mol.